The molecule has 1 aromatic rings. The van der Waals surface area contributed by atoms with Crippen molar-refractivity contribution in [1.82, 2.24) is 0 Å². The van der Waals surface area contributed by atoms with Crippen molar-refractivity contribution in [3.8, 4) is 11.5 Å². The van der Waals surface area contributed by atoms with Gasteiger partial charge in [0.2, 0.25) is 6.79 Å². The van der Waals surface area contributed by atoms with Gasteiger partial charge in [0, 0.05) is 0 Å². The third-order valence-electron chi connectivity index (χ3n) is 2.68. The average Bonchev–Trinajstić information content (AvgIpc) is 2.74. The van der Waals surface area contributed by atoms with E-state index in [2.05, 4.69) is 0 Å². The van der Waals surface area contributed by atoms with Crippen molar-refractivity contribution in [1.29, 1.82) is 0 Å². The molecule has 0 bridgehead atoms. The van der Waals surface area contributed by atoms with Crippen molar-refractivity contribution in [3.63, 3.8) is 0 Å². The lowest BCUT2D eigenvalue weighted by molar-refractivity contribution is 0.136. The summed E-state index contributed by atoms with van der Waals surface area (Å²) in [6, 6.07) is 2.83. The molecule has 0 amide bonds. The topological polar surface area (TPSA) is 38.7 Å². The molecule has 1 aliphatic heterocycles. The molecule has 1 fully saturated rings. The summed E-state index contributed by atoms with van der Waals surface area (Å²) in [6.45, 7) is 0.0991. The smallest absolute Gasteiger partial charge is 0.231 e. The van der Waals surface area contributed by atoms with Gasteiger partial charge in [0.1, 0.15) is 5.82 Å². The monoisotopic (exact) mass is 196 g/mol. The molecule has 0 spiro atoms. The number of fused-ring (bicyclic) bond motifs is 1. The number of hydrogen-bond acceptors (Lipinski definition) is 3. The van der Waals surface area contributed by atoms with E-state index in [9.17, 15) is 9.50 Å². The lowest BCUT2D eigenvalue weighted by Crippen LogP contribution is -2.08. The Morgan fingerprint density at radius 1 is 1.29 bits per heavy atom. The molecular weight excluding hydrogens is 187 g/mol. The molecule has 0 radical (unpaired) electrons. The second-order valence-electron chi connectivity index (χ2n) is 3.69. The molecule has 1 saturated carbocycles. The van der Waals surface area contributed by atoms with Crippen molar-refractivity contribution in [2.24, 2.45) is 0 Å². The van der Waals surface area contributed by atoms with Gasteiger partial charge in [-0.3, -0.25) is 0 Å². The van der Waals surface area contributed by atoms with Crippen molar-refractivity contribution < 1.29 is 19.0 Å². The summed E-state index contributed by atoms with van der Waals surface area (Å²) in [5, 5.41) is 9.87. The molecule has 0 atom stereocenters. The fourth-order valence-corrected chi connectivity index (χ4v) is 1.75. The highest BCUT2D eigenvalue weighted by molar-refractivity contribution is 5.52. The first-order valence-corrected chi connectivity index (χ1v) is 4.52. The normalized spacial score (nSPS) is 21.0. The number of aliphatic hydroxyl groups is 1. The molecule has 0 aromatic heterocycles. The van der Waals surface area contributed by atoms with E-state index in [-0.39, 0.29) is 12.4 Å². The Morgan fingerprint density at radius 3 is 2.79 bits per heavy atom. The van der Waals surface area contributed by atoms with Crippen LogP contribution in [0.25, 0.3) is 0 Å². The summed E-state index contributed by atoms with van der Waals surface area (Å²) in [5.41, 5.74) is -0.768. The molecule has 1 N–H and O–H groups in total. The molecule has 4 heteroatoms. The number of rotatable bonds is 1. The minimum Gasteiger partial charge on any atom is -0.454 e. The highest BCUT2D eigenvalue weighted by Crippen LogP contribution is 2.53. The molecule has 1 aliphatic carbocycles. The molecule has 2 aliphatic rings. The quantitative estimate of drug-likeness (QED) is 0.740. The molecular formula is C10H9FO3. The average molecular weight is 196 g/mol. The largest absolute Gasteiger partial charge is 0.454 e. The van der Waals surface area contributed by atoms with E-state index < -0.39 is 11.4 Å². The lowest BCUT2D eigenvalue weighted by Gasteiger charge is -2.11. The van der Waals surface area contributed by atoms with Crippen LogP contribution in [-0.4, -0.2) is 11.9 Å². The summed E-state index contributed by atoms with van der Waals surface area (Å²) < 4.78 is 23.8. The molecule has 14 heavy (non-hydrogen) atoms. The third kappa shape index (κ3) is 0.944. The summed E-state index contributed by atoms with van der Waals surface area (Å²) in [6.07, 6.45) is 1.17. The second kappa shape index (κ2) is 2.39. The first kappa shape index (κ1) is 8.05. The van der Waals surface area contributed by atoms with Crippen molar-refractivity contribution >= 4 is 0 Å². The van der Waals surface area contributed by atoms with Gasteiger partial charge in [-0.05, 0) is 25.0 Å². The van der Waals surface area contributed by atoms with Gasteiger partial charge < -0.3 is 14.6 Å². The Kier molecular flexibility index (Phi) is 1.37. The summed E-state index contributed by atoms with van der Waals surface area (Å²) >= 11 is 0. The van der Waals surface area contributed by atoms with Gasteiger partial charge in [-0.1, -0.05) is 0 Å². The first-order valence-electron chi connectivity index (χ1n) is 4.52. The molecule has 3 rings (SSSR count). The number of halogens is 1. The predicted octanol–water partition coefficient (Wildman–Crippen LogP) is 1.54. The zero-order chi connectivity index (χ0) is 9.76. The van der Waals surface area contributed by atoms with E-state index in [0.717, 1.165) is 0 Å². The maximum atomic E-state index is 13.5. The first-order chi connectivity index (χ1) is 6.71. The van der Waals surface area contributed by atoms with Gasteiger partial charge in [0.15, 0.2) is 11.5 Å². The van der Waals surface area contributed by atoms with Crippen LogP contribution in [0.3, 0.4) is 0 Å². The fraction of sp³-hybridized carbons (Fsp3) is 0.400. The van der Waals surface area contributed by atoms with Gasteiger partial charge in [-0.15, -0.1) is 0 Å². The zero-order valence-corrected chi connectivity index (χ0v) is 7.42. The van der Waals surface area contributed by atoms with Gasteiger partial charge in [0.05, 0.1) is 11.2 Å². The Bertz CT molecular complexity index is 399. The van der Waals surface area contributed by atoms with Crippen molar-refractivity contribution in [3.05, 3.63) is 23.5 Å². The van der Waals surface area contributed by atoms with Gasteiger partial charge >= 0.3 is 0 Å². The highest BCUT2D eigenvalue weighted by Gasteiger charge is 2.47. The lowest BCUT2D eigenvalue weighted by atomic mass is 10.1. The van der Waals surface area contributed by atoms with Gasteiger partial charge in [-0.25, -0.2) is 4.39 Å². The molecule has 1 aromatic carbocycles. The molecule has 74 valence electrons. The third-order valence-corrected chi connectivity index (χ3v) is 2.68. The molecule has 1 heterocycles. The number of hydrogen-bond donors (Lipinski definition) is 1. The maximum absolute atomic E-state index is 13.5. The van der Waals surface area contributed by atoms with Gasteiger partial charge in [-0.2, -0.15) is 0 Å². The summed E-state index contributed by atoms with van der Waals surface area (Å²) in [4.78, 5) is 0. The number of benzene rings is 1. The van der Waals surface area contributed by atoms with E-state index in [1.54, 1.807) is 0 Å². The van der Waals surface area contributed by atoms with E-state index in [1.165, 1.54) is 12.1 Å². The minimum atomic E-state index is -1.02. The zero-order valence-electron chi connectivity index (χ0n) is 7.42. The van der Waals surface area contributed by atoms with Crippen LogP contribution in [0.1, 0.15) is 18.4 Å². The van der Waals surface area contributed by atoms with E-state index >= 15 is 0 Å². The fourth-order valence-electron chi connectivity index (χ4n) is 1.75. The SMILES string of the molecule is OC1(c2c(F)ccc3c2OCO3)CC1. The van der Waals surface area contributed by atoms with Crippen molar-refractivity contribution in [2.75, 3.05) is 6.79 Å². The van der Waals surface area contributed by atoms with Crippen LogP contribution in [0.15, 0.2) is 12.1 Å². The predicted molar refractivity (Wildman–Crippen MR) is 45.7 cm³/mol. The van der Waals surface area contributed by atoms with Gasteiger partial charge in [0.25, 0.3) is 0 Å². The Balaban J connectivity index is 2.21. The standard InChI is InChI=1S/C10H9FO3/c11-6-1-2-7-9(14-5-13-7)8(6)10(12)3-4-10/h1-2,12H,3-5H2. The highest BCUT2D eigenvalue weighted by atomic mass is 19.1. The van der Waals surface area contributed by atoms with Crippen LogP contribution in [0.4, 0.5) is 4.39 Å². The second-order valence-corrected chi connectivity index (χ2v) is 3.69. The van der Waals surface area contributed by atoms with Crippen molar-refractivity contribution in [2.45, 2.75) is 18.4 Å². The van der Waals surface area contributed by atoms with E-state index in [1.807, 2.05) is 0 Å². The summed E-state index contributed by atoms with van der Waals surface area (Å²) in [5.74, 6) is 0.459. The molecule has 0 unspecified atom stereocenters. The van der Waals surface area contributed by atoms with E-state index in [0.29, 0.717) is 24.3 Å². The van der Waals surface area contributed by atoms with Crippen LogP contribution < -0.4 is 9.47 Å². The molecule has 0 saturated heterocycles. The Morgan fingerprint density at radius 2 is 2.07 bits per heavy atom. The van der Waals surface area contributed by atoms with Crippen LogP contribution in [0, 0.1) is 5.82 Å². The Labute approximate surface area is 80.1 Å². The maximum Gasteiger partial charge on any atom is 0.231 e. The van der Waals surface area contributed by atoms with Crippen LogP contribution in [0.2, 0.25) is 0 Å². The van der Waals surface area contributed by atoms with Crippen LogP contribution in [-0.2, 0) is 5.60 Å². The van der Waals surface area contributed by atoms with Crippen LogP contribution in [0.5, 0.6) is 11.5 Å². The van der Waals surface area contributed by atoms with Crippen LogP contribution >= 0.6 is 0 Å². The minimum absolute atomic E-state index is 0.0991. The van der Waals surface area contributed by atoms with E-state index in [4.69, 9.17) is 9.47 Å². The molecule has 3 nitrogen and oxygen atoms in total. The summed E-state index contributed by atoms with van der Waals surface area (Å²) in [7, 11) is 0. The number of ether oxygens (including phenoxy) is 2. The Hall–Kier alpha value is -1.29.